The van der Waals surface area contributed by atoms with Crippen molar-refractivity contribution in [2.24, 2.45) is 0 Å². The lowest BCUT2D eigenvalue weighted by Gasteiger charge is -1.89. The molecular formula is C7H10INO. The highest BCUT2D eigenvalue weighted by Crippen LogP contribution is 1.99. The van der Waals surface area contributed by atoms with Gasteiger partial charge in [-0.05, 0) is 13.0 Å². The molecule has 0 fully saturated rings. The van der Waals surface area contributed by atoms with Crippen molar-refractivity contribution >= 4 is 0 Å². The van der Waals surface area contributed by atoms with Crippen molar-refractivity contribution in [3.8, 4) is 5.75 Å². The SMILES string of the molecule is CC[n+]1cccc(O)c1.[I-]. The Balaban J connectivity index is 0.000000810. The largest absolute Gasteiger partial charge is 1.00 e. The number of halogens is 1. The molecule has 0 unspecified atom stereocenters. The van der Waals surface area contributed by atoms with Gasteiger partial charge in [0.25, 0.3) is 0 Å². The Bertz CT molecular complexity index is 203. The molecule has 0 amide bonds. The number of pyridine rings is 1. The van der Waals surface area contributed by atoms with Gasteiger partial charge in [-0.2, -0.15) is 0 Å². The van der Waals surface area contributed by atoms with Crippen LogP contribution in [0.5, 0.6) is 5.75 Å². The van der Waals surface area contributed by atoms with Crippen LogP contribution in [0.2, 0.25) is 0 Å². The number of rotatable bonds is 1. The van der Waals surface area contributed by atoms with E-state index in [1.54, 1.807) is 12.3 Å². The summed E-state index contributed by atoms with van der Waals surface area (Å²) in [7, 11) is 0. The maximum Gasteiger partial charge on any atom is 0.210 e. The fraction of sp³-hybridized carbons (Fsp3) is 0.286. The van der Waals surface area contributed by atoms with Crippen molar-refractivity contribution in [1.82, 2.24) is 0 Å². The number of hydrogen-bond donors (Lipinski definition) is 1. The number of nitrogens with zero attached hydrogens (tertiary/aromatic N) is 1. The van der Waals surface area contributed by atoms with Crippen LogP contribution >= 0.6 is 0 Å². The van der Waals surface area contributed by atoms with E-state index in [-0.39, 0.29) is 24.0 Å². The van der Waals surface area contributed by atoms with E-state index < -0.39 is 0 Å². The summed E-state index contributed by atoms with van der Waals surface area (Å²) < 4.78 is 1.91. The molecule has 1 heterocycles. The summed E-state index contributed by atoms with van der Waals surface area (Å²) in [4.78, 5) is 0. The van der Waals surface area contributed by atoms with Gasteiger partial charge in [-0.1, -0.05) is 0 Å². The van der Waals surface area contributed by atoms with Gasteiger partial charge in [0.05, 0.1) is 0 Å². The zero-order chi connectivity index (χ0) is 6.69. The van der Waals surface area contributed by atoms with Gasteiger partial charge < -0.3 is 29.1 Å². The summed E-state index contributed by atoms with van der Waals surface area (Å²) in [5, 5.41) is 8.92. The predicted octanol–water partition coefficient (Wildman–Crippen LogP) is -2.30. The van der Waals surface area contributed by atoms with Crippen LogP contribution in [0.15, 0.2) is 24.5 Å². The molecule has 1 N–H and O–H groups in total. The maximum atomic E-state index is 8.92. The molecule has 0 radical (unpaired) electrons. The van der Waals surface area contributed by atoms with Crippen LogP contribution in [-0.2, 0) is 6.54 Å². The third-order valence-electron chi connectivity index (χ3n) is 1.21. The quantitative estimate of drug-likeness (QED) is 0.440. The van der Waals surface area contributed by atoms with E-state index in [9.17, 15) is 0 Å². The molecule has 1 aromatic heterocycles. The molecule has 3 heteroatoms. The van der Waals surface area contributed by atoms with Crippen LogP contribution in [0.3, 0.4) is 0 Å². The molecule has 0 bridgehead atoms. The highest BCUT2D eigenvalue weighted by atomic mass is 127. The van der Waals surface area contributed by atoms with Crippen molar-refractivity contribution in [3.63, 3.8) is 0 Å². The zero-order valence-electron chi connectivity index (χ0n) is 5.79. The van der Waals surface area contributed by atoms with Crippen molar-refractivity contribution in [2.45, 2.75) is 13.5 Å². The van der Waals surface area contributed by atoms with Crippen molar-refractivity contribution in [3.05, 3.63) is 24.5 Å². The lowest BCUT2D eigenvalue weighted by Crippen LogP contribution is -3.00. The standard InChI is InChI=1S/C7H9NO.HI/c1-2-8-5-3-4-7(9)6-8;/h3-6H,2H2,1H3;1H. The lowest BCUT2D eigenvalue weighted by molar-refractivity contribution is -0.693. The first-order valence-electron chi connectivity index (χ1n) is 3.01. The predicted molar refractivity (Wildman–Crippen MR) is 34.0 cm³/mol. The molecule has 0 atom stereocenters. The Morgan fingerprint density at radius 3 is 2.70 bits per heavy atom. The molecule has 10 heavy (non-hydrogen) atoms. The van der Waals surface area contributed by atoms with Gasteiger partial charge in [0.15, 0.2) is 11.9 Å². The molecule has 0 saturated heterocycles. The first kappa shape index (κ1) is 9.68. The minimum absolute atomic E-state index is 0. The van der Waals surface area contributed by atoms with E-state index in [4.69, 9.17) is 5.11 Å². The Hall–Kier alpha value is -0.320. The van der Waals surface area contributed by atoms with Crippen molar-refractivity contribution < 1.29 is 33.7 Å². The summed E-state index contributed by atoms with van der Waals surface area (Å²) >= 11 is 0. The first-order valence-corrected chi connectivity index (χ1v) is 3.01. The second kappa shape index (κ2) is 4.49. The third-order valence-corrected chi connectivity index (χ3v) is 1.21. The van der Waals surface area contributed by atoms with E-state index in [1.807, 2.05) is 23.8 Å². The Kier molecular flexibility index (Phi) is 4.34. The maximum absolute atomic E-state index is 8.92. The summed E-state index contributed by atoms with van der Waals surface area (Å²) in [6.07, 6.45) is 3.61. The minimum Gasteiger partial charge on any atom is -1.00 e. The molecule has 0 aliphatic heterocycles. The summed E-state index contributed by atoms with van der Waals surface area (Å²) in [6.45, 7) is 2.92. The third kappa shape index (κ3) is 2.51. The number of hydrogen-bond acceptors (Lipinski definition) is 1. The van der Waals surface area contributed by atoms with Gasteiger partial charge in [-0.25, -0.2) is 4.57 Å². The molecule has 0 aliphatic rings. The highest BCUT2D eigenvalue weighted by Gasteiger charge is 1.94. The van der Waals surface area contributed by atoms with E-state index in [2.05, 4.69) is 0 Å². The molecule has 0 spiro atoms. The van der Waals surface area contributed by atoms with Crippen LogP contribution in [0.25, 0.3) is 0 Å². The molecule has 0 aliphatic carbocycles. The van der Waals surface area contributed by atoms with Crippen LogP contribution in [0.4, 0.5) is 0 Å². The van der Waals surface area contributed by atoms with Crippen LogP contribution in [-0.4, -0.2) is 5.11 Å². The molecule has 0 saturated carbocycles. The molecule has 1 rings (SSSR count). The molecule has 1 aromatic rings. The molecule has 2 nitrogen and oxygen atoms in total. The molecule has 0 aromatic carbocycles. The van der Waals surface area contributed by atoms with Gasteiger partial charge in [0.1, 0.15) is 6.54 Å². The average Bonchev–Trinajstić information content (AvgIpc) is 1.88. The van der Waals surface area contributed by atoms with Crippen LogP contribution in [0.1, 0.15) is 6.92 Å². The van der Waals surface area contributed by atoms with Crippen LogP contribution < -0.4 is 28.5 Å². The number of aromatic nitrogens is 1. The molecular weight excluding hydrogens is 241 g/mol. The van der Waals surface area contributed by atoms with Gasteiger partial charge >= 0.3 is 0 Å². The Morgan fingerprint density at radius 1 is 1.60 bits per heavy atom. The summed E-state index contributed by atoms with van der Waals surface area (Å²) in [5.74, 6) is 0.319. The Labute approximate surface area is 77.5 Å². The van der Waals surface area contributed by atoms with E-state index in [1.165, 1.54) is 0 Å². The van der Waals surface area contributed by atoms with Gasteiger partial charge in [-0.3, -0.25) is 0 Å². The fourth-order valence-electron chi connectivity index (χ4n) is 0.705. The van der Waals surface area contributed by atoms with Gasteiger partial charge in [0, 0.05) is 6.07 Å². The summed E-state index contributed by atoms with van der Waals surface area (Å²) in [6, 6.07) is 3.48. The van der Waals surface area contributed by atoms with E-state index in [0.717, 1.165) is 6.54 Å². The zero-order valence-corrected chi connectivity index (χ0v) is 7.95. The first-order chi connectivity index (χ1) is 4.33. The molecule has 56 valence electrons. The van der Waals surface area contributed by atoms with Gasteiger partial charge in [-0.15, -0.1) is 0 Å². The van der Waals surface area contributed by atoms with Crippen molar-refractivity contribution in [2.75, 3.05) is 0 Å². The second-order valence-corrected chi connectivity index (χ2v) is 1.89. The number of aryl methyl sites for hydroxylation is 1. The van der Waals surface area contributed by atoms with Gasteiger partial charge in [0.2, 0.25) is 6.20 Å². The minimum atomic E-state index is 0. The Morgan fingerprint density at radius 2 is 2.30 bits per heavy atom. The van der Waals surface area contributed by atoms with E-state index >= 15 is 0 Å². The smallest absolute Gasteiger partial charge is 0.210 e. The van der Waals surface area contributed by atoms with Crippen molar-refractivity contribution in [1.29, 1.82) is 0 Å². The number of aromatic hydroxyl groups is 1. The highest BCUT2D eigenvalue weighted by molar-refractivity contribution is 5.09. The second-order valence-electron chi connectivity index (χ2n) is 1.89. The normalized spacial score (nSPS) is 8.50. The fourth-order valence-corrected chi connectivity index (χ4v) is 0.705. The lowest BCUT2D eigenvalue weighted by atomic mass is 10.4. The average molecular weight is 251 g/mol. The summed E-state index contributed by atoms with van der Waals surface area (Å²) in [5.41, 5.74) is 0. The topological polar surface area (TPSA) is 24.1 Å². The van der Waals surface area contributed by atoms with Crippen LogP contribution in [0, 0.1) is 0 Å². The monoisotopic (exact) mass is 251 g/mol. The van der Waals surface area contributed by atoms with E-state index in [0.29, 0.717) is 5.75 Å².